The van der Waals surface area contributed by atoms with Gasteiger partial charge in [-0.15, -0.1) is 0 Å². The summed E-state index contributed by atoms with van der Waals surface area (Å²) in [5.74, 6) is -8.74. The number of aliphatic hydroxyl groups excluding tert-OH is 1. The van der Waals surface area contributed by atoms with Gasteiger partial charge in [0.15, 0.2) is 0 Å². The van der Waals surface area contributed by atoms with E-state index in [0.29, 0.717) is 5.56 Å². The average Bonchev–Trinajstić information content (AvgIpc) is 3.20. The molecule has 0 aliphatic carbocycles. The van der Waals surface area contributed by atoms with E-state index in [4.69, 9.17) is 28.0 Å². The number of aliphatic hydroxyl groups is 1. The Morgan fingerprint density at radius 1 is 0.677 bits per heavy atom. The number of rotatable bonds is 15. The van der Waals surface area contributed by atoms with Crippen molar-refractivity contribution in [1.29, 1.82) is 0 Å². The van der Waals surface area contributed by atoms with Crippen LogP contribution in [-0.2, 0) is 49.6 Å². The fourth-order valence-corrected chi connectivity index (χ4v) is 6.37. The summed E-state index contributed by atoms with van der Waals surface area (Å²) in [6.45, 7) is 4.07. The molecule has 1 aliphatic rings. The second-order valence-electron chi connectivity index (χ2n) is 15.4. The molecular formula is C39H64N12O11. The Morgan fingerprint density at radius 3 is 1.61 bits per heavy atom. The van der Waals surface area contributed by atoms with Crippen LogP contribution < -0.4 is 65.5 Å². The van der Waals surface area contributed by atoms with Crippen molar-refractivity contribution in [2.75, 3.05) is 26.2 Å². The van der Waals surface area contributed by atoms with Crippen molar-refractivity contribution in [1.82, 2.24) is 42.5 Å². The van der Waals surface area contributed by atoms with Gasteiger partial charge in [0.2, 0.25) is 47.3 Å². The van der Waals surface area contributed by atoms with Crippen molar-refractivity contribution in [3.8, 4) is 0 Å². The number of nitrogens with one attached hydrogen (secondary N) is 8. The molecule has 62 heavy (non-hydrogen) atoms. The second kappa shape index (κ2) is 26.6. The van der Waals surface area contributed by atoms with E-state index in [1.807, 2.05) is 0 Å². The summed E-state index contributed by atoms with van der Waals surface area (Å²) in [7, 11) is 0. The number of hydrogen-bond donors (Lipinski definition) is 14. The van der Waals surface area contributed by atoms with Gasteiger partial charge in [0.1, 0.15) is 42.3 Å². The molecule has 0 aromatic heterocycles. The Morgan fingerprint density at radius 2 is 1.13 bits per heavy atom. The third-order valence-corrected chi connectivity index (χ3v) is 9.68. The van der Waals surface area contributed by atoms with Gasteiger partial charge in [-0.3, -0.25) is 43.2 Å². The Kier molecular flexibility index (Phi) is 22.4. The molecule has 346 valence electrons. The highest BCUT2D eigenvalue weighted by molar-refractivity contribution is 5.98. The van der Waals surface area contributed by atoms with Crippen LogP contribution in [0.4, 0.5) is 0 Å². The van der Waals surface area contributed by atoms with Crippen LogP contribution in [0.3, 0.4) is 0 Å². The number of hydrogen-bond acceptors (Lipinski definition) is 14. The van der Waals surface area contributed by atoms with E-state index in [9.17, 15) is 48.3 Å². The molecule has 0 unspecified atom stereocenters. The molecule has 18 N–H and O–H groups in total. The minimum atomic E-state index is -1.62. The summed E-state index contributed by atoms with van der Waals surface area (Å²) in [5.41, 5.74) is 23.7. The molecular weight excluding hydrogens is 813 g/mol. The first kappa shape index (κ1) is 52.4. The molecule has 9 atom stereocenters. The maximum atomic E-state index is 14.1. The van der Waals surface area contributed by atoms with Crippen LogP contribution in [0.1, 0.15) is 64.9 Å². The fourth-order valence-electron chi connectivity index (χ4n) is 6.37. The molecule has 23 nitrogen and oxygen atoms in total. The summed E-state index contributed by atoms with van der Waals surface area (Å²) >= 11 is 0. The van der Waals surface area contributed by atoms with Gasteiger partial charge in [0, 0.05) is 13.0 Å². The van der Waals surface area contributed by atoms with Crippen LogP contribution in [0, 0.1) is 5.92 Å². The summed E-state index contributed by atoms with van der Waals surface area (Å²) in [5, 5.41) is 39.8. The predicted octanol–water partition coefficient (Wildman–Crippen LogP) is -5.58. The Hall–Kier alpha value is -5.75. The Labute approximate surface area is 359 Å². The minimum Gasteiger partial charge on any atom is -0.481 e. The predicted molar refractivity (Wildman–Crippen MR) is 224 cm³/mol. The quantitative estimate of drug-likeness (QED) is 0.0781. The number of amides is 8. The van der Waals surface area contributed by atoms with Gasteiger partial charge in [-0.25, -0.2) is 0 Å². The van der Waals surface area contributed by atoms with Gasteiger partial charge in [-0.1, -0.05) is 44.2 Å². The molecule has 2 rings (SSSR count). The number of carboxylic acids is 1. The molecule has 1 aromatic carbocycles. The number of carboxylic acid groups (broad SMARTS) is 1. The van der Waals surface area contributed by atoms with Gasteiger partial charge in [-0.05, 0) is 70.1 Å². The van der Waals surface area contributed by atoms with Gasteiger partial charge in [0.25, 0.3) is 0 Å². The lowest BCUT2D eigenvalue weighted by Gasteiger charge is -2.28. The van der Waals surface area contributed by atoms with Crippen molar-refractivity contribution >= 4 is 53.2 Å². The third-order valence-electron chi connectivity index (χ3n) is 9.68. The van der Waals surface area contributed by atoms with E-state index in [-0.39, 0.29) is 64.1 Å². The summed E-state index contributed by atoms with van der Waals surface area (Å²) in [6, 6.07) is -2.86. The lowest BCUT2D eigenvalue weighted by molar-refractivity contribution is -0.140. The van der Waals surface area contributed by atoms with E-state index in [2.05, 4.69) is 42.5 Å². The van der Waals surface area contributed by atoms with Crippen LogP contribution in [0.25, 0.3) is 0 Å². The lowest BCUT2D eigenvalue weighted by Crippen LogP contribution is -2.61. The van der Waals surface area contributed by atoms with Gasteiger partial charge < -0.3 is 75.7 Å². The van der Waals surface area contributed by atoms with E-state index < -0.39 is 121 Å². The van der Waals surface area contributed by atoms with Crippen LogP contribution >= 0.6 is 0 Å². The van der Waals surface area contributed by atoms with Crippen LogP contribution in [-0.4, -0.2) is 144 Å². The first-order valence-electron chi connectivity index (χ1n) is 20.5. The van der Waals surface area contributed by atoms with Gasteiger partial charge in [-0.2, -0.15) is 0 Å². The van der Waals surface area contributed by atoms with E-state index in [1.165, 1.54) is 6.92 Å². The van der Waals surface area contributed by atoms with Crippen LogP contribution in [0.15, 0.2) is 30.3 Å². The largest absolute Gasteiger partial charge is 0.481 e. The molecule has 8 amide bonds. The standard InChI is InChI=1S/C39H64N12O11/c1-20(2)17-28-37(60)48-24(9-13-40)33(56)47-26(11-15-42)36(59)51-31(21(3)52)39(62)44-16-12-27(45-32(55)23(43)19-30(53)54)35(58)46-25(10-14-41)34(57)50-29(38(61)49-28)18-22-7-5-4-6-8-22/h4-8,20-21,23-29,31,52H,9-19,40-43H2,1-3H3,(H,44,62)(H,45,55)(H,46,58)(H,47,56)(H,48,60)(H,49,61)(H,50,57)(H,51,59)(H,53,54)/t21-,23+,24+,25+,26+,27+,28+,29-,31+/m1/s1. The number of carbonyl (C=O) groups excluding carboxylic acids is 8. The lowest BCUT2D eigenvalue weighted by atomic mass is 10.00. The monoisotopic (exact) mass is 876 g/mol. The highest BCUT2D eigenvalue weighted by Gasteiger charge is 2.35. The van der Waals surface area contributed by atoms with Crippen molar-refractivity contribution in [3.63, 3.8) is 0 Å². The molecule has 0 bridgehead atoms. The van der Waals surface area contributed by atoms with Crippen LogP contribution in [0.5, 0.6) is 0 Å². The highest BCUT2D eigenvalue weighted by atomic mass is 16.4. The molecule has 1 aliphatic heterocycles. The molecule has 23 heteroatoms. The smallest absolute Gasteiger partial charge is 0.305 e. The number of benzene rings is 1. The molecule has 0 spiro atoms. The number of carbonyl (C=O) groups is 9. The number of nitrogens with two attached hydrogens (primary N) is 4. The number of aliphatic carboxylic acids is 1. The fraction of sp³-hybridized carbons (Fsp3) is 0.615. The third kappa shape index (κ3) is 17.7. The zero-order valence-electron chi connectivity index (χ0n) is 35.3. The zero-order valence-corrected chi connectivity index (χ0v) is 35.3. The first-order chi connectivity index (χ1) is 29.3. The van der Waals surface area contributed by atoms with E-state index in [0.717, 1.165) is 0 Å². The molecule has 0 saturated carbocycles. The van der Waals surface area contributed by atoms with Crippen molar-refractivity contribution in [2.45, 2.75) is 120 Å². The zero-order chi connectivity index (χ0) is 46.5. The van der Waals surface area contributed by atoms with E-state index >= 15 is 0 Å². The molecule has 1 saturated heterocycles. The summed E-state index contributed by atoms with van der Waals surface area (Å²) < 4.78 is 0. The van der Waals surface area contributed by atoms with Crippen molar-refractivity contribution in [2.24, 2.45) is 28.9 Å². The maximum Gasteiger partial charge on any atom is 0.305 e. The first-order valence-corrected chi connectivity index (χ1v) is 20.5. The minimum absolute atomic E-state index is 0.0756. The van der Waals surface area contributed by atoms with Crippen molar-refractivity contribution < 1.29 is 53.4 Å². The highest BCUT2D eigenvalue weighted by Crippen LogP contribution is 2.11. The SMILES string of the molecule is CC(C)C[C@@H]1NC(=O)[C@@H](Cc2ccccc2)NC(=O)[C@H](CCN)NC(=O)[C@@H](NC(=O)[C@@H](N)CC(=O)O)CCNC(=O)[C@H]([C@@H](C)O)NC(=O)[C@H](CCN)NC(=O)[C@H](CCN)NC1=O. The van der Waals surface area contributed by atoms with Crippen molar-refractivity contribution in [3.05, 3.63) is 35.9 Å². The van der Waals surface area contributed by atoms with E-state index in [1.54, 1.807) is 44.2 Å². The van der Waals surface area contributed by atoms with Gasteiger partial charge >= 0.3 is 5.97 Å². The second-order valence-corrected chi connectivity index (χ2v) is 15.4. The molecule has 0 radical (unpaired) electrons. The van der Waals surface area contributed by atoms with Crippen LogP contribution in [0.2, 0.25) is 0 Å². The van der Waals surface area contributed by atoms with Gasteiger partial charge in [0.05, 0.1) is 18.6 Å². The summed E-state index contributed by atoms with van der Waals surface area (Å²) in [4.78, 5) is 121. The molecule has 1 heterocycles. The normalized spacial score (nSPS) is 25.1. The topological polar surface area (TPSA) is 394 Å². The summed E-state index contributed by atoms with van der Waals surface area (Å²) in [6.07, 6.45) is -3.08. The Bertz CT molecular complexity index is 1700. The maximum absolute atomic E-state index is 14.1. The molecule has 1 aromatic rings. The molecule has 1 fully saturated rings. The average molecular weight is 877 g/mol. The Balaban J connectivity index is 2.70.